The summed E-state index contributed by atoms with van der Waals surface area (Å²) in [5.41, 5.74) is 8.73. The standard InChI is InChI=1S/C12H11OP.C12H18.2HI.Ru/c13-14(11-7-3-1-4-8-11)12-9-5-2-6-10-12;1-7-8(2)10(4)12(6)11(5)9(7)3;;;/h1-10,13H;1-6H3;2*1H;/q;;;;+2/p-2. The molecule has 0 amide bonds. The molecule has 0 bridgehead atoms. The predicted octanol–water partition coefficient (Wildman–Crippen LogP) is 7.33. The van der Waals surface area contributed by atoms with Gasteiger partial charge in [-0.15, -0.1) is 0 Å². The fraction of sp³-hybridized carbons (Fsp3) is 0.250. The van der Waals surface area contributed by atoms with Gasteiger partial charge in [-0.2, -0.15) is 0 Å². The maximum atomic E-state index is 10.1. The third-order valence-corrected chi connectivity index (χ3v) is 6.95. The van der Waals surface area contributed by atoms with Crippen LogP contribution in [0.15, 0.2) is 60.7 Å². The normalized spacial score (nSPS) is 10.1. The Morgan fingerprint density at radius 2 is 0.759 bits per heavy atom. The Morgan fingerprint density at radius 3 is 0.966 bits per heavy atom. The fourth-order valence-electron chi connectivity index (χ4n) is 2.97. The Labute approximate surface area is 206 Å². The molecule has 1 N–H and O–H groups in total. The van der Waals surface area contributed by atoms with E-state index < -0.39 is 8.15 Å². The third kappa shape index (κ3) is 8.29. The van der Waals surface area contributed by atoms with Gasteiger partial charge in [-0.25, -0.2) is 0 Å². The van der Waals surface area contributed by atoms with Gasteiger partial charge in [0.05, 0.1) is 8.15 Å². The second kappa shape index (κ2) is 14.2. The molecule has 29 heavy (non-hydrogen) atoms. The molecule has 3 aromatic carbocycles. The molecule has 0 radical (unpaired) electrons. The van der Waals surface area contributed by atoms with E-state index in [1.807, 2.05) is 60.7 Å². The zero-order valence-electron chi connectivity index (χ0n) is 17.8. The van der Waals surface area contributed by atoms with Crippen molar-refractivity contribution in [2.45, 2.75) is 41.5 Å². The average molecular weight is 719 g/mol. The van der Waals surface area contributed by atoms with Gasteiger partial charge in [-0.05, 0) is 74.9 Å². The summed E-state index contributed by atoms with van der Waals surface area (Å²) in [4.78, 5) is 10.1. The van der Waals surface area contributed by atoms with Crippen molar-refractivity contribution in [3.63, 3.8) is 0 Å². The maximum absolute atomic E-state index is 10.1. The van der Waals surface area contributed by atoms with Gasteiger partial charge < -0.3 is 4.89 Å². The average Bonchev–Trinajstić information content (AvgIpc) is 2.76. The van der Waals surface area contributed by atoms with Crippen LogP contribution in [-0.4, -0.2) is 4.89 Å². The monoisotopic (exact) mass is 720 g/mol. The van der Waals surface area contributed by atoms with Crippen molar-refractivity contribution in [1.29, 1.82) is 0 Å². The first-order valence-electron chi connectivity index (χ1n) is 9.24. The van der Waals surface area contributed by atoms with E-state index in [2.05, 4.69) is 81.0 Å². The molecule has 0 saturated carbocycles. The van der Waals surface area contributed by atoms with Crippen molar-refractivity contribution in [2.24, 2.45) is 0 Å². The SMILES string of the molecule is Cc1c(C)c(C)c(C)c(C)c1C.OP(c1ccccc1)c1ccccc1.[I][Ru][I]. The van der Waals surface area contributed by atoms with Gasteiger partial charge in [-0.1, -0.05) is 60.7 Å². The third-order valence-electron chi connectivity index (χ3n) is 5.38. The van der Waals surface area contributed by atoms with E-state index in [-0.39, 0.29) is 0 Å². The van der Waals surface area contributed by atoms with E-state index in [9.17, 15) is 4.89 Å². The first kappa shape index (κ1) is 27.2. The molecule has 0 spiro atoms. The van der Waals surface area contributed by atoms with Crippen molar-refractivity contribution in [2.75, 3.05) is 0 Å². The van der Waals surface area contributed by atoms with E-state index in [1.165, 1.54) is 33.4 Å². The quantitative estimate of drug-likeness (QED) is 0.167. The molecule has 3 aromatic rings. The van der Waals surface area contributed by atoms with Crippen LogP contribution in [0.5, 0.6) is 0 Å². The van der Waals surface area contributed by atoms with Gasteiger partial charge in [0.2, 0.25) is 0 Å². The van der Waals surface area contributed by atoms with Gasteiger partial charge in [0.1, 0.15) is 0 Å². The molecule has 3 rings (SSSR count). The molecule has 1 nitrogen and oxygen atoms in total. The Hall–Kier alpha value is 0.133. The van der Waals surface area contributed by atoms with Crippen LogP contribution in [0, 0.1) is 41.5 Å². The zero-order valence-corrected chi connectivity index (χ0v) is 24.7. The summed E-state index contributed by atoms with van der Waals surface area (Å²) in [6, 6.07) is 19.5. The minimum absolute atomic E-state index is 0.650. The molecule has 0 aromatic heterocycles. The Kier molecular flexibility index (Phi) is 13.3. The van der Waals surface area contributed by atoms with Crippen molar-refractivity contribution < 1.29 is 15.0 Å². The van der Waals surface area contributed by atoms with Crippen LogP contribution in [0.4, 0.5) is 0 Å². The summed E-state index contributed by atoms with van der Waals surface area (Å²) in [6.07, 6.45) is 0. The van der Waals surface area contributed by atoms with Gasteiger partial charge in [0, 0.05) is 10.6 Å². The summed E-state index contributed by atoms with van der Waals surface area (Å²) in [7, 11) is -0.521. The number of hydrogen-bond acceptors (Lipinski definition) is 1. The van der Waals surface area contributed by atoms with Crippen LogP contribution >= 0.6 is 47.6 Å². The molecule has 0 unspecified atom stereocenters. The Morgan fingerprint density at radius 1 is 0.552 bits per heavy atom. The molecule has 0 aliphatic rings. The molecule has 5 heteroatoms. The van der Waals surface area contributed by atoms with Crippen LogP contribution < -0.4 is 10.6 Å². The number of rotatable bonds is 2. The summed E-state index contributed by atoms with van der Waals surface area (Å²) in [6.45, 7) is 13.3. The summed E-state index contributed by atoms with van der Waals surface area (Å²) in [5.74, 6) is 0. The van der Waals surface area contributed by atoms with Crippen LogP contribution in [0.25, 0.3) is 0 Å². The van der Waals surface area contributed by atoms with Crippen LogP contribution in [-0.2, 0) is 10.1 Å². The van der Waals surface area contributed by atoms with E-state index in [0.29, 0.717) is 10.1 Å². The van der Waals surface area contributed by atoms with Gasteiger partial charge in [0.25, 0.3) is 0 Å². The summed E-state index contributed by atoms with van der Waals surface area (Å²) >= 11 is 4.73. The predicted molar refractivity (Wildman–Crippen MR) is 144 cm³/mol. The van der Waals surface area contributed by atoms with Crippen LogP contribution in [0.3, 0.4) is 0 Å². The molecule has 0 aliphatic heterocycles. The summed E-state index contributed by atoms with van der Waals surface area (Å²) in [5, 5.41) is 1.99. The van der Waals surface area contributed by atoms with E-state index >= 15 is 0 Å². The first-order chi connectivity index (χ1) is 13.8. The summed E-state index contributed by atoms with van der Waals surface area (Å²) < 4.78 is 0. The molecule has 0 heterocycles. The van der Waals surface area contributed by atoms with Crippen LogP contribution in [0.1, 0.15) is 33.4 Å². The van der Waals surface area contributed by atoms with Gasteiger partial charge in [0.15, 0.2) is 0 Å². The number of hydrogen-bond donors (Lipinski definition) is 1. The zero-order chi connectivity index (χ0) is 22.0. The number of benzene rings is 3. The van der Waals surface area contributed by atoms with E-state index in [0.717, 1.165) is 10.6 Å². The topological polar surface area (TPSA) is 20.2 Å². The Balaban J connectivity index is 0.000000259. The number of halogens is 2. The van der Waals surface area contributed by atoms with Crippen LogP contribution in [0.2, 0.25) is 0 Å². The molecule has 0 atom stereocenters. The van der Waals surface area contributed by atoms with Crippen molar-refractivity contribution in [3.8, 4) is 0 Å². The van der Waals surface area contributed by atoms with Gasteiger partial charge >= 0.3 is 49.6 Å². The molecule has 0 fully saturated rings. The fourth-order valence-corrected chi connectivity index (χ4v) is 4.18. The molecular formula is C24H29I2OPRu. The van der Waals surface area contributed by atoms with Gasteiger partial charge in [-0.3, -0.25) is 0 Å². The van der Waals surface area contributed by atoms with Crippen molar-refractivity contribution in [3.05, 3.63) is 94.0 Å². The molecule has 158 valence electrons. The van der Waals surface area contributed by atoms with Crippen molar-refractivity contribution >= 4 is 58.3 Å². The minimum atomic E-state index is -1.17. The molecular weight excluding hydrogens is 690 g/mol. The molecule has 0 aliphatic carbocycles. The van der Waals surface area contributed by atoms with E-state index in [4.69, 9.17) is 0 Å². The van der Waals surface area contributed by atoms with Crippen molar-refractivity contribution in [1.82, 2.24) is 0 Å². The second-order valence-electron chi connectivity index (χ2n) is 6.78. The molecule has 0 saturated heterocycles. The second-order valence-corrected chi connectivity index (χ2v) is 21.8. The Bertz CT molecular complexity index is 742. The van der Waals surface area contributed by atoms with E-state index in [1.54, 1.807) is 0 Å². The first-order valence-corrected chi connectivity index (χ1v) is 20.9.